The van der Waals surface area contributed by atoms with Crippen molar-refractivity contribution in [1.29, 1.82) is 0 Å². The molecular weight excluding hydrogens is 448 g/mol. The Kier molecular flexibility index (Phi) is 5.36. The fourth-order valence-corrected chi connectivity index (χ4v) is 4.59. The average Bonchev–Trinajstić information content (AvgIpc) is 3.40. The third-order valence-electron chi connectivity index (χ3n) is 5.74. The van der Waals surface area contributed by atoms with Crippen molar-refractivity contribution < 1.29 is 19.1 Å². The summed E-state index contributed by atoms with van der Waals surface area (Å²) in [6.07, 6.45) is 5.43. The van der Waals surface area contributed by atoms with Gasteiger partial charge in [-0.05, 0) is 37.3 Å². The average molecular weight is 468 g/mol. The van der Waals surface area contributed by atoms with Crippen LogP contribution in [0.4, 0.5) is 11.5 Å². The first-order chi connectivity index (χ1) is 15.9. The molecule has 11 nitrogen and oxygen atoms in total. The summed E-state index contributed by atoms with van der Waals surface area (Å²) < 4.78 is 5.89. The molecule has 0 spiro atoms. The van der Waals surface area contributed by atoms with E-state index >= 15 is 0 Å². The van der Waals surface area contributed by atoms with E-state index in [0.29, 0.717) is 34.3 Å². The van der Waals surface area contributed by atoms with E-state index in [1.807, 2.05) is 6.26 Å². The molecule has 0 bridgehead atoms. The van der Waals surface area contributed by atoms with Gasteiger partial charge in [-0.25, -0.2) is 14.8 Å². The van der Waals surface area contributed by atoms with Gasteiger partial charge in [-0.15, -0.1) is 5.10 Å². The molecule has 0 aliphatic carbocycles. The maximum absolute atomic E-state index is 13.5. The van der Waals surface area contributed by atoms with Crippen molar-refractivity contribution in [2.75, 3.05) is 29.1 Å². The van der Waals surface area contributed by atoms with Crippen molar-refractivity contribution in [3.05, 3.63) is 46.6 Å². The van der Waals surface area contributed by atoms with Crippen molar-refractivity contribution in [2.45, 2.75) is 30.6 Å². The number of carbonyl (C=O) groups is 2. The number of anilines is 2. The van der Waals surface area contributed by atoms with Gasteiger partial charge in [-0.2, -0.15) is 4.68 Å². The van der Waals surface area contributed by atoms with Gasteiger partial charge in [0.1, 0.15) is 17.9 Å². The molecule has 2 aliphatic heterocycles. The van der Waals surface area contributed by atoms with Crippen LogP contribution >= 0.6 is 11.8 Å². The van der Waals surface area contributed by atoms with E-state index in [-0.39, 0.29) is 17.8 Å². The number of carboxylic acid groups (broad SMARTS) is 1. The quantitative estimate of drug-likeness (QED) is 0.436. The smallest absolute Gasteiger partial charge is 0.437 e. The lowest BCUT2D eigenvalue weighted by Crippen LogP contribution is -2.39. The summed E-state index contributed by atoms with van der Waals surface area (Å²) in [6, 6.07) is 7.05. The summed E-state index contributed by atoms with van der Waals surface area (Å²) >= 11 is 1.43. The van der Waals surface area contributed by atoms with Gasteiger partial charge < -0.3 is 19.3 Å². The zero-order valence-electron chi connectivity index (χ0n) is 17.7. The molecular formula is C21H20N6O5S. The minimum atomic E-state index is -1.20. The highest BCUT2D eigenvalue weighted by molar-refractivity contribution is 7.98. The molecule has 2 aromatic heterocycles. The second-order valence-electron chi connectivity index (χ2n) is 7.77. The Morgan fingerprint density at radius 1 is 1.33 bits per heavy atom. The predicted molar refractivity (Wildman–Crippen MR) is 120 cm³/mol. The number of carbonyl (C=O) groups excluding carboxylic acids is 1. The summed E-state index contributed by atoms with van der Waals surface area (Å²) in [4.78, 5) is 49.2. The summed E-state index contributed by atoms with van der Waals surface area (Å²) in [6.45, 7) is 0.708. The van der Waals surface area contributed by atoms with Crippen molar-refractivity contribution in [2.24, 2.45) is 0 Å². The fourth-order valence-electron chi connectivity index (χ4n) is 4.25. The van der Waals surface area contributed by atoms with Crippen LogP contribution in [-0.4, -0.2) is 62.1 Å². The van der Waals surface area contributed by atoms with E-state index in [2.05, 4.69) is 20.0 Å². The number of benzene rings is 1. The molecule has 1 unspecified atom stereocenters. The van der Waals surface area contributed by atoms with Crippen LogP contribution in [0.25, 0.3) is 11.5 Å². The number of hydrogen-bond donors (Lipinski definition) is 1. The Hall–Kier alpha value is -3.67. The molecule has 170 valence electrons. The lowest BCUT2D eigenvalue weighted by molar-refractivity contribution is -0.138. The molecule has 1 N–H and O–H groups in total. The molecule has 1 fully saturated rings. The van der Waals surface area contributed by atoms with Crippen LogP contribution in [0, 0.1) is 0 Å². The fraction of sp³-hybridized carbons (Fsp3) is 0.333. The third kappa shape index (κ3) is 3.86. The van der Waals surface area contributed by atoms with E-state index in [0.717, 1.165) is 24.1 Å². The monoisotopic (exact) mass is 468 g/mol. The zero-order valence-corrected chi connectivity index (χ0v) is 18.5. The summed E-state index contributed by atoms with van der Waals surface area (Å²) in [5.41, 5.74) is 1.52. The molecule has 4 heterocycles. The molecule has 1 aromatic carbocycles. The Balaban J connectivity index is 1.54. The second kappa shape index (κ2) is 8.35. The molecule has 1 atom stereocenters. The van der Waals surface area contributed by atoms with Gasteiger partial charge in [-0.3, -0.25) is 9.59 Å². The van der Waals surface area contributed by atoms with Gasteiger partial charge in [0.15, 0.2) is 5.16 Å². The predicted octanol–water partition coefficient (Wildman–Crippen LogP) is 1.73. The number of fused-ring (bicyclic) bond motifs is 3. The number of thioether (sulfide) groups is 1. The first-order valence-electron chi connectivity index (χ1n) is 10.3. The molecule has 3 aromatic rings. The van der Waals surface area contributed by atoms with Crippen molar-refractivity contribution >= 4 is 35.1 Å². The number of aliphatic carboxylic acids is 1. The lowest BCUT2D eigenvalue weighted by Gasteiger charge is -2.27. The highest BCUT2D eigenvalue weighted by Crippen LogP contribution is 2.35. The van der Waals surface area contributed by atoms with Crippen LogP contribution in [0.1, 0.15) is 23.2 Å². The third-order valence-corrected chi connectivity index (χ3v) is 6.31. The minimum Gasteiger partial charge on any atom is -0.480 e. The number of rotatable bonds is 5. The Morgan fingerprint density at radius 2 is 2.18 bits per heavy atom. The van der Waals surface area contributed by atoms with Crippen LogP contribution in [-0.2, 0) is 11.3 Å². The summed E-state index contributed by atoms with van der Waals surface area (Å²) in [5, 5.41) is 13.5. The number of carboxylic acids is 1. The summed E-state index contributed by atoms with van der Waals surface area (Å²) in [7, 11) is 0. The van der Waals surface area contributed by atoms with Gasteiger partial charge in [0.25, 0.3) is 5.91 Å². The van der Waals surface area contributed by atoms with Gasteiger partial charge >= 0.3 is 11.7 Å². The minimum absolute atomic E-state index is 0.0128. The summed E-state index contributed by atoms with van der Waals surface area (Å²) in [5.74, 6) is -1.62. The molecule has 12 heteroatoms. The standard InChI is InChI=1S/C21H20N6O5S/c1-33-20-22-9-15-17(23-20)25-7-3-6-14(25)10-26(19(15)30)13-5-2-4-12(8-13)18-24-27(11-16(28)29)21(31)32-18/h2,4-5,8-9,14H,3,6-7,10-11H2,1H3,(H,28,29). The SMILES string of the molecule is CSc1ncc2c(n1)N1CCCC1CN(c1cccc(-c3nn(CC(=O)O)c(=O)o3)c1)C2=O. The molecule has 1 amide bonds. The van der Waals surface area contributed by atoms with Crippen LogP contribution in [0.2, 0.25) is 0 Å². The highest BCUT2D eigenvalue weighted by Gasteiger charge is 2.37. The Labute approximate surface area is 192 Å². The van der Waals surface area contributed by atoms with E-state index in [9.17, 15) is 14.4 Å². The number of amides is 1. The first-order valence-corrected chi connectivity index (χ1v) is 11.6. The van der Waals surface area contributed by atoms with E-state index in [4.69, 9.17) is 9.52 Å². The topological polar surface area (TPSA) is 135 Å². The van der Waals surface area contributed by atoms with Crippen molar-refractivity contribution in [1.82, 2.24) is 19.7 Å². The van der Waals surface area contributed by atoms with Gasteiger partial charge in [0.05, 0.1) is 0 Å². The van der Waals surface area contributed by atoms with Crippen LogP contribution in [0.3, 0.4) is 0 Å². The Morgan fingerprint density at radius 3 is 2.97 bits per heavy atom. The normalized spacial score (nSPS) is 17.6. The van der Waals surface area contributed by atoms with Crippen molar-refractivity contribution in [3.63, 3.8) is 0 Å². The molecule has 2 aliphatic rings. The van der Waals surface area contributed by atoms with Crippen molar-refractivity contribution in [3.8, 4) is 11.5 Å². The zero-order chi connectivity index (χ0) is 23.1. The van der Waals surface area contributed by atoms with Gasteiger partial charge in [0, 0.05) is 36.6 Å². The highest BCUT2D eigenvalue weighted by atomic mass is 32.2. The molecule has 33 heavy (non-hydrogen) atoms. The van der Waals surface area contributed by atoms with E-state index in [1.54, 1.807) is 35.4 Å². The largest absolute Gasteiger partial charge is 0.480 e. The number of hydrogen-bond acceptors (Lipinski definition) is 9. The lowest BCUT2D eigenvalue weighted by atomic mass is 10.1. The molecule has 5 rings (SSSR count). The Bertz CT molecular complexity index is 1300. The molecule has 0 saturated carbocycles. The van der Waals surface area contributed by atoms with Crippen LogP contribution in [0.15, 0.2) is 44.8 Å². The van der Waals surface area contributed by atoms with Gasteiger partial charge in [0.2, 0.25) is 5.89 Å². The van der Waals surface area contributed by atoms with Gasteiger partial charge in [-0.1, -0.05) is 17.8 Å². The van der Waals surface area contributed by atoms with Crippen LogP contribution in [0.5, 0.6) is 0 Å². The number of aromatic nitrogens is 4. The van der Waals surface area contributed by atoms with Crippen LogP contribution < -0.4 is 15.6 Å². The van der Waals surface area contributed by atoms with E-state index < -0.39 is 18.3 Å². The second-order valence-corrected chi connectivity index (χ2v) is 8.55. The molecule has 1 saturated heterocycles. The first kappa shape index (κ1) is 21.2. The maximum atomic E-state index is 13.5. The number of nitrogens with zero attached hydrogens (tertiary/aromatic N) is 6. The molecule has 0 radical (unpaired) electrons. The maximum Gasteiger partial charge on any atom is 0.437 e. The van der Waals surface area contributed by atoms with E-state index in [1.165, 1.54) is 11.8 Å².